The molecule has 176 valence electrons. The van der Waals surface area contributed by atoms with E-state index < -0.39 is 0 Å². The molecule has 0 heterocycles. The largest absolute Gasteiger partial charge is 0.484 e. The van der Waals surface area contributed by atoms with Crippen molar-refractivity contribution in [1.29, 1.82) is 0 Å². The second-order valence-corrected chi connectivity index (χ2v) is 13.4. The van der Waals surface area contributed by atoms with Crippen LogP contribution < -0.4 is 4.74 Å². The van der Waals surface area contributed by atoms with Gasteiger partial charge in [-0.2, -0.15) is 0 Å². The summed E-state index contributed by atoms with van der Waals surface area (Å²) in [5, 5.41) is 0. The van der Waals surface area contributed by atoms with Crippen molar-refractivity contribution in [3.8, 4) is 5.75 Å². The van der Waals surface area contributed by atoms with Gasteiger partial charge in [0.25, 0.3) is 0 Å². The van der Waals surface area contributed by atoms with Gasteiger partial charge in [0, 0.05) is 11.5 Å². The molecule has 0 unspecified atom stereocenters. The first-order valence-electron chi connectivity index (χ1n) is 12.8. The second kappa shape index (κ2) is 8.45. The molecule has 34 heavy (non-hydrogen) atoms. The van der Waals surface area contributed by atoms with Crippen LogP contribution in [0.4, 0.5) is 4.39 Å². The molecule has 0 radical (unpaired) electrons. The Morgan fingerprint density at radius 1 is 0.735 bits per heavy atom. The summed E-state index contributed by atoms with van der Waals surface area (Å²) >= 11 is 0. The van der Waals surface area contributed by atoms with Crippen LogP contribution in [-0.2, 0) is 10.9 Å². The highest BCUT2D eigenvalue weighted by atomic mass is 32.2. The van der Waals surface area contributed by atoms with Gasteiger partial charge in [0.2, 0.25) is 0 Å². The van der Waals surface area contributed by atoms with Crippen molar-refractivity contribution >= 4 is 10.9 Å². The first-order chi connectivity index (χ1) is 16.4. The molecular formula is C31H34FOS+. The number of benzene rings is 3. The lowest BCUT2D eigenvalue weighted by atomic mass is 9.46. The fourth-order valence-electron chi connectivity index (χ4n) is 7.44. The number of rotatable bonds is 6. The molecule has 4 fully saturated rings. The number of ether oxygens (including phenoxy) is 1. The highest BCUT2D eigenvalue weighted by Crippen LogP contribution is 2.64. The van der Waals surface area contributed by atoms with Gasteiger partial charge in [-0.15, -0.1) is 0 Å². The van der Waals surface area contributed by atoms with E-state index in [-0.39, 0.29) is 27.7 Å². The Hall–Kier alpha value is -2.26. The predicted molar refractivity (Wildman–Crippen MR) is 137 cm³/mol. The van der Waals surface area contributed by atoms with Crippen LogP contribution in [0.2, 0.25) is 0 Å². The molecule has 0 aliphatic heterocycles. The molecule has 4 aliphatic rings. The Morgan fingerprint density at radius 2 is 1.24 bits per heavy atom. The van der Waals surface area contributed by atoms with Gasteiger partial charge in [-0.25, -0.2) is 4.39 Å². The fourth-order valence-corrected chi connectivity index (χ4v) is 9.54. The van der Waals surface area contributed by atoms with Gasteiger partial charge in [0.05, 0.1) is 10.9 Å². The van der Waals surface area contributed by atoms with Gasteiger partial charge >= 0.3 is 0 Å². The zero-order chi connectivity index (χ0) is 23.3. The first-order valence-corrected chi connectivity index (χ1v) is 14.0. The van der Waals surface area contributed by atoms with E-state index >= 15 is 4.39 Å². The summed E-state index contributed by atoms with van der Waals surface area (Å²) in [5.41, 5.74) is -0.183. The quantitative estimate of drug-likeness (QED) is 0.327. The standard InChI is InChI=1S/C31H34FOS/c1-30(2,31-19-22-15-23(20-31)17-24(16-22)21-31)33-29-14-13-27(18-28(29)32)34(25-9-5-3-6-10-25)26-11-7-4-8-12-26/h3-14,18,22-24H,15-17,19-21H2,1-2H3/q+1. The van der Waals surface area contributed by atoms with Crippen LogP contribution in [0.5, 0.6) is 5.75 Å². The number of halogens is 1. The summed E-state index contributed by atoms with van der Waals surface area (Å²) in [6.45, 7) is 4.43. The van der Waals surface area contributed by atoms with Crippen LogP contribution in [-0.4, -0.2) is 5.60 Å². The molecule has 0 atom stereocenters. The zero-order valence-corrected chi connectivity index (χ0v) is 21.0. The normalized spacial score (nSPS) is 27.8. The first kappa shape index (κ1) is 22.2. The van der Waals surface area contributed by atoms with Crippen molar-refractivity contribution in [3.63, 3.8) is 0 Å². The van der Waals surface area contributed by atoms with E-state index in [4.69, 9.17) is 4.74 Å². The summed E-state index contributed by atoms with van der Waals surface area (Å²) in [6, 6.07) is 26.5. The molecule has 7 rings (SSSR count). The average molecular weight is 474 g/mol. The van der Waals surface area contributed by atoms with Crippen molar-refractivity contribution < 1.29 is 9.13 Å². The Bertz CT molecular complexity index is 1080. The highest BCUT2D eigenvalue weighted by molar-refractivity contribution is 7.97. The maximum absolute atomic E-state index is 15.6. The topological polar surface area (TPSA) is 9.23 Å². The van der Waals surface area contributed by atoms with Gasteiger partial charge < -0.3 is 4.74 Å². The van der Waals surface area contributed by atoms with E-state index in [0.29, 0.717) is 5.75 Å². The second-order valence-electron chi connectivity index (χ2n) is 11.3. The molecule has 4 bridgehead atoms. The molecule has 3 heteroatoms. The summed E-state index contributed by atoms with van der Waals surface area (Å²) < 4.78 is 22.2. The van der Waals surface area contributed by atoms with Crippen LogP contribution in [0.1, 0.15) is 52.4 Å². The van der Waals surface area contributed by atoms with Gasteiger partial charge in [-0.3, -0.25) is 0 Å². The summed E-state index contributed by atoms with van der Waals surface area (Å²) in [7, 11) is -0.361. The smallest absolute Gasteiger partial charge is 0.170 e. The Kier molecular flexibility index (Phi) is 5.52. The highest BCUT2D eigenvalue weighted by Gasteiger charge is 2.58. The van der Waals surface area contributed by atoms with Crippen molar-refractivity contribution in [1.82, 2.24) is 0 Å². The maximum Gasteiger partial charge on any atom is 0.170 e. The summed E-state index contributed by atoms with van der Waals surface area (Å²) in [6.07, 6.45) is 7.95. The van der Waals surface area contributed by atoms with Crippen molar-refractivity contribution in [3.05, 3.63) is 84.7 Å². The van der Waals surface area contributed by atoms with Crippen molar-refractivity contribution in [2.45, 2.75) is 72.7 Å². The number of hydrogen-bond donors (Lipinski definition) is 0. The summed E-state index contributed by atoms with van der Waals surface area (Å²) in [5.74, 6) is 2.69. The fraction of sp³-hybridized carbons (Fsp3) is 0.419. The maximum atomic E-state index is 15.6. The van der Waals surface area contributed by atoms with Gasteiger partial charge in [-0.05, 0) is 107 Å². The molecule has 0 spiro atoms. The van der Waals surface area contributed by atoms with E-state index in [1.165, 1.54) is 48.3 Å². The minimum absolute atomic E-state index is 0.186. The van der Waals surface area contributed by atoms with Crippen LogP contribution in [0, 0.1) is 29.0 Å². The molecule has 1 nitrogen and oxygen atoms in total. The van der Waals surface area contributed by atoms with Gasteiger partial charge in [0.15, 0.2) is 26.3 Å². The zero-order valence-electron chi connectivity index (χ0n) is 20.2. The summed E-state index contributed by atoms with van der Waals surface area (Å²) in [4.78, 5) is 3.36. The SMILES string of the molecule is CC(C)(Oc1ccc([S+](c2ccccc2)c2ccccc2)cc1F)C12CC3CC(CC(C3)C1)C2. The molecule has 0 saturated heterocycles. The molecule has 4 saturated carbocycles. The third kappa shape index (κ3) is 3.86. The molecule has 0 amide bonds. The van der Waals surface area contributed by atoms with E-state index in [2.05, 4.69) is 68.4 Å². The Balaban J connectivity index is 1.30. The molecule has 3 aromatic carbocycles. The average Bonchev–Trinajstić information content (AvgIpc) is 2.81. The molecule has 3 aromatic rings. The lowest BCUT2D eigenvalue weighted by Crippen LogP contribution is -2.58. The van der Waals surface area contributed by atoms with Crippen LogP contribution >= 0.6 is 0 Å². The molecular weight excluding hydrogens is 439 g/mol. The van der Waals surface area contributed by atoms with Gasteiger partial charge in [-0.1, -0.05) is 36.4 Å². The van der Waals surface area contributed by atoms with Crippen LogP contribution in [0.15, 0.2) is 93.5 Å². The minimum Gasteiger partial charge on any atom is -0.484 e. The van der Waals surface area contributed by atoms with E-state index in [1.54, 1.807) is 6.07 Å². The van der Waals surface area contributed by atoms with E-state index in [9.17, 15) is 0 Å². The molecule has 4 aliphatic carbocycles. The monoisotopic (exact) mass is 473 g/mol. The molecule has 0 aromatic heterocycles. The third-order valence-electron chi connectivity index (χ3n) is 8.78. The van der Waals surface area contributed by atoms with Crippen LogP contribution in [0.3, 0.4) is 0 Å². The minimum atomic E-state index is -0.369. The lowest BCUT2D eigenvalue weighted by Gasteiger charge is -2.61. The van der Waals surface area contributed by atoms with E-state index in [1.807, 2.05) is 18.2 Å². The Labute approximate surface area is 206 Å². The van der Waals surface area contributed by atoms with Crippen molar-refractivity contribution in [2.75, 3.05) is 0 Å². The van der Waals surface area contributed by atoms with Crippen molar-refractivity contribution in [2.24, 2.45) is 23.2 Å². The van der Waals surface area contributed by atoms with E-state index in [0.717, 1.165) is 22.6 Å². The van der Waals surface area contributed by atoms with Gasteiger partial charge in [0.1, 0.15) is 5.60 Å². The van der Waals surface area contributed by atoms with Crippen LogP contribution in [0.25, 0.3) is 0 Å². The number of hydrogen-bond acceptors (Lipinski definition) is 1. The Morgan fingerprint density at radius 3 is 1.71 bits per heavy atom. The lowest BCUT2D eigenvalue weighted by molar-refractivity contribution is -0.151. The predicted octanol–water partition coefficient (Wildman–Crippen LogP) is 8.29. The third-order valence-corrected chi connectivity index (χ3v) is 11.0. The molecule has 0 N–H and O–H groups in total.